The Morgan fingerprint density at radius 2 is 1.57 bits per heavy atom. The number of para-hydroxylation sites is 1. The zero-order valence-corrected chi connectivity index (χ0v) is 20.8. The molecule has 3 rings (SSSR count). The summed E-state index contributed by atoms with van der Waals surface area (Å²) in [6.07, 6.45) is 1.15. The monoisotopic (exact) mass is 495 g/mol. The van der Waals surface area contributed by atoms with Crippen LogP contribution in [0.4, 0.5) is 11.4 Å². The van der Waals surface area contributed by atoms with Crippen molar-refractivity contribution in [3.8, 4) is 0 Å². The first kappa shape index (κ1) is 25.9. The molecule has 0 aliphatic carbocycles. The van der Waals surface area contributed by atoms with E-state index in [4.69, 9.17) is 4.74 Å². The molecule has 0 bridgehead atoms. The lowest BCUT2D eigenvalue weighted by atomic mass is 10.1. The zero-order chi connectivity index (χ0) is 25.4. The van der Waals surface area contributed by atoms with Crippen molar-refractivity contribution in [2.45, 2.75) is 13.5 Å². The fourth-order valence-electron chi connectivity index (χ4n) is 3.47. The minimum Gasteiger partial charge on any atom is -0.383 e. The smallest absolute Gasteiger partial charge is 0.255 e. The van der Waals surface area contributed by atoms with Gasteiger partial charge in [0.15, 0.2) is 0 Å². The molecule has 0 aliphatic heterocycles. The normalized spacial score (nSPS) is 11.1. The Kier molecular flexibility index (Phi) is 8.62. The van der Waals surface area contributed by atoms with E-state index in [1.165, 1.54) is 4.31 Å². The van der Waals surface area contributed by atoms with Crippen LogP contribution in [0.3, 0.4) is 0 Å². The maximum absolute atomic E-state index is 12.9. The fourth-order valence-corrected chi connectivity index (χ4v) is 4.35. The lowest BCUT2D eigenvalue weighted by molar-refractivity contribution is 0.0938. The molecule has 0 heterocycles. The Bertz CT molecular complexity index is 1290. The van der Waals surface area contributed by atoms with Gasteiger partial charge in [0.2, 0.25) is 10.0 Å². The van der Waals surface area contributed by atoms with Crippen LogP contribution < -0.4 is 14.9 Å². The number of hydrogen-bond donors (Lipinski definition) is 2. The molecular formula is C26H29N3O5S. The van der Waals surface area contributed by atoms with E-state index < -0.39 is 15.9 Å². The van der Waals surface area contributed by atoms with Crippen molar-refractivity contribution in [1.82, 2.24) is 5.32 Å². The third-order valence-electron chi connectivity index (χ3n) is 5.40. The standard InChI is InChI=1S/C26H29N3O5S/c1-19-8-4-5-9-21(19)18-29(35(3,32)33)22-14-12-20(13-15-22)25(30)28-24-11-7-6-10-23(24)26(31)27-16-17-34-2/h4-15H,16-18H2,1-3H3,(H,27,31)(H,28,30). The number of nitrogens with zero attached hydrogens (tertiary/aromatic N) is 1. The molecule has 0 spiro atoms. The van der Waals surface area contributed by atoms with Crippen LogP contribution in [-0.4, -0.2) is 46.7 Å². The number of carbonyl (C=O) groups is 2. The molecule has 8 nitrogen and oxygen atoms in total. The second-order valence-corrected chi connectivity index (χ2v) is 9.90. The van der Waals surface area contributed by atoms with Crippen molar-refractivity contribution in [1.29, 1.82) is 0 Å². The third kappa shape index (κ3) is 6.91. The number of anilines is 2. The molecule has 0 fully saturated rings. The highest BCUT2D eigenvalue weighted by Crippen LogP contribution is 2.23. The summed E-state index contributed by atoms with van der Waals surface area (Å²) in [4.78, 5) is 25.3. The molecule has 0 saturated heterocycles. The summed E-state index contributed by atoms with van der Waals surface area (Å²) in [6.45, 7) is 2.83. The van der Waals surface area contributed by atoms with Gasteiger partial charge in [-0.1, -0.05) is 36.4 Å². The molecule has 0 radical (unpaired) electrons. The van der Waals surface area contributed by atoms with E-state index in [-0.39, 0.29) is 12.5 Å². The lowest BCUT2D eigenvalue weighted by Gasteiger charge is -2.23. The summed E-state index contributed by atoms with van der Waals surface area (Å²) in [5, 5.41) is 5.50. The Morgan fingerprint density at radius 3 is 2.23 bits per heavy atom. The van der Waals surface area contributed by atoms with Crippen LogP contribution in [0.25, 0.3) is 0 Å². The number of ether oxygens (including phenoxy) is 1. The van der Waals surface area contributed by atoms with Crippen molar-refractivity contribution in [2.24, 2.45) is 0 Å². The van der Waals surface area contributed by atoms with E-state index in [2.05, 4.69) is 10.6 Å². The molecule has 0 saturated carbocycles. The minimum absolute atomic E-state index is 0.183. The van der Waals surface area contributed by atoms with Crippen LogP contribution in [0.15, 0.2) is 72.8 Å². The first-order valence-electron chi connectivity index (χ1n) is 11.0. The number of nitrogens with one attached hydrogen (secondary N) is 2. The summed E-state index contributed by atoms with van der Waals surface area (Å²) in [5.74, 6) is -0.744. The molecular weight excluding hydrogens is 466 g/mol. The molecule has 9 heteroatoms. The molecule has 2 amide bonds. The van der Waals surface area contributed by atoms with Gasteiger partial charge in [0, 0.05) is 19.2 Å². The van der Waals surface area contributed by atoms with Gasteiger partial charge in [0.1, 0.15) is 0 Å². The fraction of sp³-hybridized carbons (Fsp3) is 0.231. The highest BCUT2D eigenvalue weighted by atomic mass is 32.2. The van der Waals surface area contributed by atoms with E-state index in [9.17, 15) is 18.0 Å². The SMILES string of the molecule is COCCNC(=O)c1ccccc1NC(=O)c1ccc(N(Cc2ccccc2C)S(C)(=O)=O)cc1. The largest absolute Gasteiger partial charge is 0.383 e. The molecule has 0 aromatic heterocycles. The van der Waals surface area contributed by atoms with E-state index in [0.717, 1.165) is 17.4 Å². The van der Waals surface area contributed by atoms with Gasteiger partial charge in [-0.2, -0.15) is 0 Å². The molecule has 2 N–H and O–H groups in total. The number of sulfonamides is 1. The molecule has 3 aromatic carbocycles. The van der Waals surface area contributed by atoms with Crippen molar-refractivity contribution < 1.29 is 22.7 Å². The van der Waals surface area contributed by atoms with Crippen LogP contribution in [-0.2, 0) is 21.3 Å². The number of aryl methyl sites for hydroxylation is 1. The molecule has 184 valence electrons. The average molecular weight is 496 g/mol. The topological polar surface area (TPSA) is 105 Å². The van der Waals surface area contributed by atoms with Crippen molar-refractivity contribution in [3.63, 3.8) is 0 Å². The van der Waals surface area contributed by atoms with Gasteiger partial charge in [-0.25, -0.2) is 8.42 Å². The second-order valence-electron chi connectivity index (χ2n) is 7.99. The number of methoxy groups -OCH3 is 1. The van der Waals surface area contributed by atoms with Crippen molar-refractivity contribution >= 4 is 33.2 Å². The van der Waals surface area contributed by atoms with Crippen molar-refractivity contribution in [2.75, 3.05) is 36.1 Å². The van der Waals surface area contributed by atoms with E-state index in [0.29, 0.717) is 35.7 Å². The maximum Gasteiger partial charge on any atom is 0.255 e. The van der Waals surface area contributed by atoms with E-state index >= 15 is 0 Å². The summed E-state index contributed by atoms with van der Waals surface area (Å²) in [7, 11) is -2.01. The number of rotatable bonds is 10. The number of amides is 2. The molecule has 0 unspecified atom stereocenters. The van der Waals surface area contributed by atoms with E-state index in [1.54, 1.807) is 55.6 Å². The summed E-state index contributed by atoms with van der Waals surface area (Å²) in [6, 6.07) is 20.6. The van der Waals surface area contributed by atoms with Gasteiger partial charge in [-0.15, -0.1) is 0 Å². The van der Waals surface area contributed by atoms with Gasteiger partial charge in [0.25, 0.3) is 11.8 Å². The molecule has 3 aromatic rings. The molecule has 0 aliphatic rings. The predicted octanol–water partition coefficient (Wildman–Crippen LogP) is 3.59. The van der Waals surface area contributed by atoms with Crippen LogP contribution in [0.5, 0.6) is 0 Å². The van der Waals surface area contributed by atoms with Gasteiger partial charge in [-0.05, 0) is 54.4 Å². The molecule has 35 heavy (non-hydrogen) atoms. The van der Waals surface area contributed by atoms with Crippen LogP contribution in [0, 0.1) is 6.92 Å². The highest BCUT2D eigenvalue weighted by Gasteiger charge is 2.20. The summed E-state index contributed by atoms with van der Waals surface area (Å²) < 4.78 is 31.3. The Balaban J connectivity index is 1.78. The van der Waals surface area contributed by atoms with Crippen LogP contribution in [0.2, 0.25) is 0 Å². The third-order valence-corrected chi connectivity index (χ3v) is 6.55. The van der Waals surface area contributed by atoms with Crippen LogP contribution in [0.1, 0.15) is 31.8 Å². The second kappa shape index (κ2) is 11.6. The maximum atomic E-state index is 12.9. The minimum atomic E-state index is -3.56. The highest BCUT2D eigenvalue weighted by molar-refractivity contribution is 7.92. The quantitative estimate of drug-likeness (QED) is 0.418. The Labute approximate surface area is 206 Å². The predicted molar refractivity (Wildman–Crippen MR) is 137 cm³/mol. The van der Waals surface area contributed by atoms with Crippen LogP contribution >= 0.6 is 0 Å². The van der Waals surface area contributed by atoms with Crippen molar-refractivity contribution in [3.05, 3.63) is 95.1 Å². The van der Waals surface area contributed by atoms with E-state index in [1.807, 2.05) is 31.2 Å². The van der Waals surface area contributed by atoms with Gasteiger partial charge >= 0.3 is 0 Å². The molecule has 0 atom stereocenters. The number of benzene rings is 3. The lowest BCUT2D eigenvalue weighted by Crippen LogP contribution is -2.29. The first-order chi connectivity index (χ1) is 16.7. The average Bonchev–Trinajstić information content (AvgIpc) is 2.83. The Hall–Kier alpha value is -3.69. The summed E-state index contributed by atoms with van der Waals surface area (Å²) >= 11 is 0. The van der Waals surface area contributed by atoms with Gasteiger partial charge in [0.05, 0.1) is 36.3 Å². The Morgan fingerprint density at radius 1 is 0.914 bits per heavy atom. The number of hydrogen-bond acceptors (Lipinski definition) is 5. The number of carbonyl (C=O) groups excluding carboxylic acids is 2. The van der Waals surface area contributed by atoms with Gasteiger partial charge in [-0.3, -0.25) is 13.9 Å². The summed E-state index contributed by atoms with van der Waals surface area (Å²) in [5.41, 5.74) is 3.35. The first-order valence-corrected chi connectivity index (χ1v) is 12.9. The zero-order valence-electron chi connectivity index (χ0n) is 19.9. The van der Waals surface area contributed by atoms with Gasteiger partial charge < -0.3 is 15.4 Å².